The van der Waals surface area contributed by atoms with E-state index in [2.05, 4.69) is 17.3 Å². The molecule has 2 amide bonds. The SMILES string of the molecule is CN1CCC(CN(C(=O)CC2CCOCC2)c2ccc(N3CCOCC3)c(F)c2)CC1.O=C(CC1CCOCC1)N(CC1CCNCC1)c1ccc(N2CCOCC2)c(F)c1. The largest absolute Gasteiger partial charge is 0.381 e. The molecule has 0 aromatic heterocycles. The molecule has 0 aliphatic carbocycles. The van der Waals surface area contributed by atoms with Crippen LogP contribution < -0.4 is 24.9 Å². The van der Waals surface area contributed by atoms with Gasteiger partial charge in [-0.1, -0.05) is 0 Å². The van der Waals surface area contributed by atoms with Crippen molar-refractivity contribution in [1.29, 1.82) is 0 Å². The minimum atomic E-state index is -0.261. The van der Waals surface area contributed by atoms with Crippen LogP contribution in [-0.2, 0) is 28.5 Å². The molecule has 2 aromatic carbocycles. The third-order valence-electron chi connectivity index (χ3n) is 13.6. The third-order valence-corrected chi connectivity index (χ3v) is 13.6. The third kappa shape index (κ3) is 13.3. The van der Waals surface area contributed by atoms with Gasteiger partial charge in [-0.2, -0.15) is 0 Å². The Labute approximate surface area is 362 Å². The Balaban J connectivity index is 0.000000184. The van der Waals surface area contributed by atoms with E-state index in [0.717, 1.165) is 104 Å². The summed E-state index contributed by atoms with van der Waals surface area (Å²) in [5.41, 5.74) is 2.56. The molecule has 6 aliphatic heterocycles. The lowest BCUT2D eigenvalue weighted by Gasteiger charge is -2.34. The number of ether oxygens (including phenoxy) is 4. The van der Waals surface area contributed by atoms with Gasteiger partial charge in [0.15, 0.2) is 0 Å². The molecule has 0 atom stereocenters. The molecule has 1 N–H and O–H groups in total. The van der Waals surface area contributed by atoms with Gasteiger partial charge < -0.3 is 48.8 Å². The fourth-order valence-electron chi connectivity index (χ4n) is 9.59. The number of anilines is 4. The fourth-order valence-corrected chi connectivity index (χ4v) is 9.59. The van der Waals surface area contributed by atoms with Crippen molar-refractivity contribution >= 4 is 34.6 Å². The second-order valence-electron chi connectivity index (χ2n) is 17.9. The summed E-state index contributed by atoms with van der Waals surface area (Å²) in [5, 5.41) is 3.38. The van der Waals surface area contributed by atoms with E-state index in [0.29, 0.717) is 125 Å². The van der Waals surface area contributed by atoms with Crippen LogP contribution in [0, 0.1) is 35.3 Å². The van der Waals surface area contributed by atoms with Gasteiger partial charge in [-0.3, -0.25) is 9.59 Å². The Bertz CT molecular complexity index is 1670. The maximum absolute atomic E-state index is 15.1. The molecule has 338 valence electrons. The highest BCUT2D eigenvalue weighted by atomic mass is 19.1. The molecular formula is C47H70F2N6O6. The highest BCUT2D eigenvalue weighted by Crippen LogP contribution is 2.32. The van der Waals surface area contributed by atoms with Crippen LogP contribution in [0.1, 0.15) is 64.2 Å². The summed E-state index contributed by atoms with van der Waals surface area (Å²) < 4.78 is 51.8. The topological polar surface area (TPSA) is 99.3 Å². The number of nitrogens with one attached hydrogen (secondary N) is 1. The number of carbonyl (C=O) groups is 2. The van der Waals surface area contributed by atoms with Gasteiger partial charge >= 0.3 is 0 Å². The van der Waals surface area contributed by atoms with E-state index >= 15 is 8.78 Å². The zero-order valence-corrected chi connectivity index (χ0v) is 36.5. The first kappa shape index (κ1) is 45.6. The van der Waals surface area contributed by atoms with Crippen molar-refractivity contribution < 1.29 is 37.3 Å². The molecule has 0 bridgehead atoms. The minimum Gasteiger partial charge on any atom is -0.381 e. The predicted molar refractivity (Wildman–Crippen MR) is 236 cm³/mol. The number of halogens is 2. The van der Waals surface area contributed by atoms with E-state index < -0.39 is 0 Å². The fraction of sp³-hybridized carbons (Fsp3) is 0.702. The number of rotatable bonds is 12. The summed E-state index contributed by atoms with van der Waals surface area (Å²) in [5.74, 6) is 1.33. The standard InChI is InChI=1S/C24H36FN3O3.C23H34FN3O3/c1-26-8-4-20(5-9-26)18-28(24(29)16-19-6-12-30-13-7-19)21-2-3-23(22(25)17-21)27-10-14-31-15-11-27;24-21-16-20(1-2-22(21)26-9-13-30-14-10-26)27(17-19-3-7-25-8-4-19)23(28)15-18-5-11-29-12-6-18/h2-3,17,19-20H,4-16,18H2,1H3;1-2,16,18-19,25H,3-15,17H2. The highest BCUT2D eigenvalue weighted by Gasteiger charge is 2.29. The van der Waals surface area contributed by atoms with E-state index in [9.17, 15) is 9.59 Å². The lowest BCUT2D eigenvalue weighted by molar-refractivity contribution is -0.121. The lowest BCUT2D eigenvalue weighted by Crippen LogP contribution is -2.41. The Morgan fingerprint density at radius 1 is 0.557 bits per heavy atom. The molecule has 12 nitrogen and oxygen atoms in total. The molecule has 0 radical (unpaired) electrons. The molecule has 6 saturated heterocycles. The van der Waals surface area contributed by atoms with E-state index in [1.165, 1.54) is 0 Å². The van der Waals surface area contributed by atoms with Crippen molar-refractivity contribution in [2.45, 2.75) is 64.2 Å². The van der Waals surface area contributed by atoms with Crippen molar-refractivity contribution in [3.05, 3.63) is 48.0 Å². The van der Waals surface area contributed by atoms with Gasteiger partial charge in [-0.25, -0.2) is 8.78 Å². The number of carbonyl (C=O) groups excluding carboxylic acids is 2. The van der Waals surface area contributed by atoms with Crippen LogP contribution in [0.5, 0.6) is 0 Å². The van der Waals surface area contributed by atoms with Crippen molar-refractivity contribution in [1.82, 2.24) is 10.2 Å². The minimum absolute atomic E-state index is 0.110. The molecule has 6 fully saturated rings. The molecule has 0 saturated carbocycles. The maximum atomic E-state index is 15.1. The van der Waals surface area contributed by atoms with Crippen LogP contribution in [0.2, 0.25) is 0 Å². The number of morpholine rings is 2. The molecule has 0 spiro atoms. The molecule has 6 heterocycles. The van der Waals surface area contributed by atoms with Gasteiger partial charge in [0, 0.05) is 89.9 Å². The highest BCUT2D eigenvalue weighted by molar-refractivity contribution is 5.94. The van der Waals surface area contributed by atoms with Crippen molar-refractivity contribution in [2.75, 3.05) is 145 Å². The first-order valence-corrected chi connectivity index (χ1v) is 23.2. The Hall–Kier alpha value is -3.40. The van der Waals surface area contributed by atoms with E-state index in [4.69, 9.17) is 18.9 Å². The van der Waals surface area contributed by atoms with Crippen LogP contribution >= 0.6 is 0 Å². The van der Waals surface area contributed by atoms with E-state index in [1.54, 1.807) is 12.1 Å². The molecule has 2 aromatic rings. The van der Waals surface area contributed by atoms with E-state index in [-0.39, 0.29) is 23.4 Å². The van der Waals surface area contributed by atoms with E-state index in [1.807, 2.05) is 43.9 Å². The lowest BCUT2D eigenvalue weighted by atomic mass is 9.93. The normalized spacial score (nSPS) is 21.8. The first-order valence-electron chi connectivity index (χ1n) is 23.2. The van der Waals surface area contributed by atoms with Crippen molar-refractivity contribution in [3.63, 3.8) is 0 Å². The van der Waals surface area contributed by atoms with Crippen LogP contribution in [0.15, 0.2) is 36.4 Å². The summed E-state index contributed by atoms with van der Waals surface area (Å²) in [6, 6.07) is 10.6. The summed E-state index contributed by atoms with van der Waals surface area (Å²) >= 11 is 0. The average Bonchev–Trinajstić information content (AvgIpc) is 3.29. The second-order valence-corrected chi connectivity index (χ2v) is 17.9. The van der Waals surface area contributed by atoms with Gasteiger partial charge in [0.25, 0.3) is 0 Å². The Morgan fingerprint density at radius 2 is 0.951 bits per heavy atom. The number of piperidine rings is 2. The van der Waals surface area contributed by atoms with Crippen LogP contribution in [0.25, 0.3) is 0 Å². The number of nitrogens with zero attached hydrogens (tertiary/aromatic N) is 5. The number of hydrogen-bond donors (Lipinski definition) is 1. The van der Waals surface area contributed by atoms with Crippen LogP contribution in [0.3, 0.4) is 0 Å². The van der Waals surface area contributed by atoms with Gasteiger partial charge in [0.05, 0.1) is 37.8 Å². The van der Waals surface area contributed by atoms with Gasteiger partial charge in [-0.05, 0) is 145 Å². The maximum Gasteiger partial charge on any atom is 0.227 e. The number of likely N-dealkylation sites (tertiary alicyclic amines) is 1. The molecule has 61 heavy (non-hydrogen) atoms. The molecule has 6 aliphatic rings. The second kappa shape index (κ2) is 23.3. The zero-order valence-electron chi connectivity index (χ0n) is 36.5. The molecule has 0 unspecified atom stereocenters. The zero-order chi connectivity index (χ0) is 42.4. The monoisotopic (exact) mass is 853 g/mol. The summed E-state index contributed by atoms with van der Waals surface area (Å²) in [7, 11) is 2.14. The summed E-state index contributed by atoms with van der Waals surface area (Å²) in [4.78, 5) is 36.8. The first-order chi connectivity index (χ1) is 29.8. The van der Waals surface area contributed by atoms with Crippen molar-refractivity contribution in [3.8, 4) is 0 Å². The van der Waals surface area contributed by atoms with Crippen molar-refractivity contribution in [2.24, 2.45) is 23.7 Å². The summed E-state index contributed by atoms with van der Waals surface area (Å²) in [6.45, 7) is 13.6. The number of hydrogen-bond acceptors (Lipinski definition) is 10. The van der Waals surface area contributed by atoms with Gasteiger partial charge in [0.1, 0.15) is 11.6 Å². The molecule has 14 heteroatoms. The van der Waals surface area contributed by atoms with Gasteiger partial charge in [-0.15, -0.1) is 0 Å². The molecular weight excluding hydrogens is 783 g/mol. The quantitative estimate of drug-likeness (QED) is 0.276. The smallest absolute Gasteiger partial charge is 0.227 e. The summed E-state index contributed by atoms with van der Waals surface area (Å²) in [6.07, 6.45) is 9.00. The van der Waals surface area contributed by atoms with Crippen LogP contribution in [0.4, 0.5) is 31.5 Å². The number of benzene rings is 2. The average molecular weight is 853 g/mol. The molecule has 8 rings (SSSR count). The Morgan fingerprint density at radius 3 is 1.36 bits per heavy atom. The predicted octanol–water partition coefficient (Wildman–Crippen LogP) is 5.97. The van der Waals surface area contributed by atoms with Gasteiger partial charge in [0.2, 0.25) is 11.8 Å². The Kier molecular flexibility index (Phi) is 17.4. The van der Waals surface area contributed by atoms with Crippen LogP contribution in [-0.4, -0.2) is 142 Å². The number of amides is 2.